The van der Waals surface area contributed by atoms with Crippen LogP contribution >= 0.6 is 15.9 Å². The third kappa shape index (κ3) is 3.91. The fourth-order valence-electron chi connectivity index (χ4n) is 2.76. The number of carbonyl (C=O) groups excluding carboxylic acids is 1. The largest absolute Gasteiger partial charge is 0.346 e. The molecule has 1 amide bonds. The zero-order valence-electron chi connectivity index (χ0n) is 14.0. The van der Waals surface area contributed by atoms with Crippen molar-refractivity contribution in [1.29, 1.82) is 0 Å². The van der Waals surface area contributed by atoms with E-state index in [-0.39, 0.29) is 30.1 Å². The van der Waals surface area contributed by atoms with Gasteiger partial charge in [-0.1, -0.05) is 0 Å². The predicted molar refractivity (Wildman–Crippen MR) is 91.3 cm³/mol. The van der Waals surface area contributed by atoms with E-state index < -0.39 is 6.43 Å². The molecule has 1 unspecified atom stereocenters. The molecule has 6 nitrogen and oxygen atoms in total. The Balaban J connectivity index is 1.71. The lowest BCUT2D eigenvalue weighted by molar-refractivity contribution is -0.122. The summed E-state index contributed by atoms with van der Waals surface area (Å²) in [5, 5.41) is 11.2. The number of nitrogens with zero attached hydrogens (tertiary/aromatic N) is 4. The Hall–Kier alpha value is -1.77. The quantitative estimate of drug-likeness (QED) is 0.751. The number of alkyl halides is 2. The van der Waals surface area contributed by atoms with Crippen molar-refractivity contribution in [1.82, 2.24) is 24.9 Å². The predicted octanol–water partition coefficient (Wildman–Crippen LogP) is 3.55. The summed E-state index contributed by atoms with van der Waals surface area (Å²) in [5.74, 6) is -0.0869. The van der Waals surface area contributed by atoms with Crippen molar-refractivity contribution >= 4 is 21.8 Å². The summed E-state index contributed by atoms with van der Waals surface area (Å²) in [6.45, 7) is 4.49. The lowest BCUT2D eigenvalue weighted by Crippen LogP contribution is -2.31. The molecule has 0 saturated heterocycles. The molecule has 2 heterocycles. The van der Waals surface area contributed by atoms with Gasteiger partial charge in [-0.3, -0.25) is 14.2 Å². The normalized spacial score (nSPS) is 15.6. The molecule has 9 heteroatoms. The van der Waals surface area contributed by atoms with Crippen LogP contribution in [-0.2, 0) is 17.9 Å². The highest BCUT2D eigenvalue weighted by atomic mass is 79.9. The van der Waals surface area contributed by atoms with Crippen molar-refractivity contribution in [3.63, 3.8) is 0 Å². The topological polar surface area (TPSA) is 64.7 Å². The Morgan fingerprint density at radius 1 is 1.44 bits per heavy atom. The first-order chi connectivity index (χ1) is 11.9. The number of hydrogen-bond acceptors (Lipinski definition) is 3. The van der Waals surface area contributed by atoms with Crippen molar-refractivity contribution in [2.45, 2.75) is 58.2 Å². The van der Waals surface area contributed by atoms with E-state index >= 15 is 0 Å². The van der Waals surface area contributed by atoms with E-state index in [9.17, 15) is 13.6 Å². The molecule has 0 aromatic carbocycles. The minimum atomic E-state index is -2.67. The van der Waals surface area contributed by atoms with Crippen molar-refractivity contribution in [3.8, 4) is 0 Å². The van der Waals surface area contributed by atoms with E-state index in [1.165, 1.54) is 4.68 Å². The van der Waals surface area contributed by atoms with Gasteiger partial charge in [-0.2, -0.15) is 10.2 Å². The van der Waals surface area contributed by atoms with Crippen LogP contribution in [-0.4, -0.2) is 25.5 Å². The summed E-state index contributed by atoms with van der Waals surface area (Å²) in [7, 11) is 0. The van der Waals surface area contributed by atoms with Crippen LogP contribution in [0.4, 0.5) is 8.78 Å². The van der Waals surface area contributed by atoms with Gasteiger partial charge >= 0.3 is 0 Å². The second-order valence-electron chi connectivity index (χ2n) is 6.20. The molecule has 0 aliphatic heterocycles. The summed E-state index contributed by atoms with van der Waals surface area (Å²) in [6.07, 6.45) is 1.04. The summed E-state index contributed by atoms with van der Waals surface area (Å²) in [4.78, 5) is 12.3. The Labute approximate surface area is 152 Å². The second-order valence-corrected chi connectivity index (χ2v) is 7.00. The molecule has 0 spiro atoms. The molecule has 1 fully saturated rings. The summed E-state index contributed by atoms with van der Waals surface area (Å²) < 4.78 is 29.7. The molecule has 1 atom stereocenters. The van der Waals surface area contributed by atoms with Crippen LogP contribution in [0.1, 0.15) is 62.2 Å². The maximum atomic E-state index is 13.1. The van der Waals surface area contributed by atoms with Crippen LogP contribution in [0, 0.1) is 0 Å². The van der Waals surface area contributed by atoms with Crippen LogP contribution in [0.3, 0.4) is 0 Å². The number of aryl methyl sites for hydroxylation is 1. The van der Waals surface area contributed by atoms with Crippen LogP contribution < -0.4 is 5.32 Å². The van der Waals surface area contributed by atoms with Gasteiger partial charge in [0.15, 0.2) is 0 Å². The van der Waals surface area contributed by atoms with Crippen LogP contribution in [0.15, 0.2) is 16.7 Å². The van der Waals surface area contributed by atoms with Gasteiger partial charge in [0, 0.05) is 18.7 Å². The molecular weight excluding hydrogens is 396 g/mol. The second kappa shape index (κ2) is 7.23. The number of carbonyl (C=O) groups is 1. The molecule has 1 aliphatic rings. The maximum absolute atomic E-state index is 13.1. The number of nitrogens with one attached hydrogen (secondary N) is 1. The van der Waals surface area contributed by atoms with Gasteiger partial charge in [0.05, 0.1) is 21.9 Å². The number of hydrogen-bond donors (Lipinski definition) is 1. The third-order valence-corrected chi connectivity index (χ3v) is 5.04. The van der Waals surface area contributed by atoms with E-state index in [2.05, 4.69) is 31.4 Å². The smallest absolute Gasteiger partial charge is 0.283 e. The van der Waals surface area contributed by atoms with Gasteiger partial charge in [-0.05, 0) is 48.7 Å². The van der Waals surface area contributed by atoms with E-state index in [4.69, 9.17) is 0 Å². The molecule has 2 aromatic heterocycles. The van der Waals surface area contributed by atoms with Gasteiger partial charge in [-0.25, -0.2) is 8.78 Å². The van der Waals surface area contributed by atoms with Gasteiger partial charge in [0.1, 0.15) is 12.2 Å². The van der Waals surface area contributed by atoms with Crippen LogP contribution in [0.5, 0.6) is 0 Å². The highest BCUT2D eigenvalue weighted by molar-refractivity contribution is 9.10. The average molecular weight is 416 g/mol. The van der Waals surface area contributed by atoms with Gasteiger partial charge in [-0.15, -0.1) is 0 Å². The fraction of sp³-hybridized carbons (Fsp3) is 0.562. The average Bonchev–Trinajstić information content (AvgIpc) is 3.16. The Bertz CT molecular complexity index is 769. The van der Waals surface area contributed by atoms with Crippen molar-refractivity contribution < 1.29 is 13.6 Å². The van der Waals surface area contributed by atoms with E-state index in [0.717, 1.165) is 25.1 Å². The summed E-state index contributed by atoms with van der Waals surface area (Å²) in [5.41, 5.74) is 1.14. The molecule has 0 radical (unpaired) electrons. The standard InChI is InChI=1S/C16H20BrF2N5O/c1-3-23-7-6-11(21-23)9(2)20-12(25)8-24-15(10-4-5-10)13(17)14(22-24)16(18)19/h6-7,9-10,16H,3-5,8H2,1-2H3,(H,20,25). The highest BCUT2D eigenvalue weighted by Crippen LogP contribution is 2.45. The van der Waals surface area contributed by atoms with E-state index in [1.54, 1.807) is 4.68 Å². The van der Waals surface area contributed by atoms with Gasteiger partial charge in [0.2, 0.25) is 5.91 Å². The Morgan fingerprint density at radius 2 is 2.16 bits per heavy atom. The van der Waals surface area contributed by atoms with Crippen molar-refractivity contribution in [3.05, 3.63) is 33.8 Å². The molecular formula is C16H20BrF2N5O. The highest BCUT2D eigenvalue weighted by Gasteiger charge is 2.34. The number of aromatic nitrogens is 4. The first-order valence-electron chi connectivity index (χ1n) is 8.27. The molecule has 1 N–H and O–H groups in total. The van der Waals surface area contributed by atoms with Crippen LogP contribution in [0.2, 0.25) is 0 Å². The lowest BCUT2D eigenvalue weighted by Gasteiger charge is -2.13. The van der Waals surface area contributed by atoms with Crippen molar-refractivity contribution in [2.24, 2.45) is 0 Å². The molecule has 136 valence electrons. The number of rotatable bonds is 7. The molecule has 1 aliphatic carbocycles. The summed E-state index contributed by atoms with van der Waals surface area (Å²) >= 11 is 3.22. The lowest BCUT2D eigenvalue weighted by atomic mass is 10.2. The first-order valence-corrected chi connectivity index (χ1v) is 9.07. The minimum absolute atomic E-state index is 0.0873. The SMILES string of the molecule is CCn1ccc(C(C)NC(=O)Cn2nc(C(F)F)c(Br)c2C2CC2)n1. The first kappa shape index (κ1) is 18.0. The van der Waals surface area contributed by atoms with Gasteiger partial charge < -0.3 is 5.32 Å². The number of amides is 1. The maximum Gasteiger partial charge on any atom is 0.283 e. The Morgan fingerprint density at radius 3 is 2.72 bits per heavy atom. The monoisotopic (exact) mass is 415 g/mol. The van der Waals surface area contributed by atoms with E-state index in [1.807, 2.05) is 26.1 Å². The molecule has 3 rings (SSSR count). The molecule has 2 aromatic rings. The molecule has 1 saturated carbocycles. The fourth-order valence-corrected chi connectivity index (χ4v) is 3.54. The zero-order chi connectivity index (χ0) is 18.1. The summed E-state index contributed by atoms with van der Waals surface area (Å²) in [6, 6.07) is 1.59. The van der Waals surface area contributed by atoms with Crippen LogP contribution in [0.25, 0.3) is 0 Å². The molecule has 25 heavy (non-hydrogen) atoms. The molecule has 0 bridgehead atoms. The minimum Gasteiger partial charge on any atom is -0.346 e. The van der Waals surface area contributed by atoms with Crippen molar-refractivity contribution in [2.75, 3.05) is 0 Å². The third-order valence-electron chi connectivity index (χ3n) is 4.23. The van der Waals surface area contributed by atoms with E-state index in [0.29, 0.717) is 10.2 Å². The zero-order valence-corrected chi connectivity index (χ0v) is 15.6. The van der Waals surface area contributed by atoms with Gasteiger partial charge in [0.25, 0.3) is 6.43 Å². The Kier molecular flexibility index (Phi) is 5.21. The number of halogens is 3.